The highest BCUT2D eigenvalue weighted by molar-refractivity contribution is 8.23. The molecule has 2 bridgehead atoms. The molecule has 9 heteroatoms. The van der Waals surface area contributed by atoms with Gasteiger partial charge in [0.2, 0.25) is 5.91 Å². The average Bonchev–Trinajstić information content (AvgIpc) is 3.41. The fourth-order valence-electron chi connectivity index (χ4n) is 5.35. The number of carbonyl (C=O) groups is 1. The SMILES string of the molecule is O=C(CSC(=S)N1C[C@H]2C[C@H](C1)c1cccc(=O)n1C2)Nc1nc(-c2ccc(-c3ccccc3)cc2)cs1. The van der Waals surface area contributed by atoms with Crippen LogP contribution in [0, 0.1) is 5.92 Å². The molecule has 0 radical (unpaired) electrons. The van der Waals surface area contributed by atoms with Crippen LogP contribution in [-0.4, -0.2) is 43.5 Å². The van der Waals surface area contributed by atoms with Crippen LogP contribution in [0.2, 0.25) is 0 Å². The normalized spacial score (nSPS) is 18.1. The first-order valence-corrected chi connectivity index (χ1v) is 14.8. The lowest BCUT2D eigenvalue weighted by Gasteiger charge is -2.43. The van der Waals surface area contributed by atoms with Gasteiger partial charge >= 0.3 is 0 Å². The number of aromatic nitrogens is 2. The lowest BCUT2D eigenvalue weighted by Crippen LogP contribution is -2.48. The van der Waals surface area contributed by atoms with Crippen molar-refractivity contribution in [3.63, 3.8) is 0 Å². The number of pyridine rings is 1. The molecule has 1 fully saturated rings. The molecule has 4 heterocycles. The Balaban J connectivity index is 1.02. The van der Waals surface area contributed by atoms with E-state index in [4.69, 9.17) is 12.2 Å². The van der Waals surface area contributed by atoms with Crippen LogP contribution >= 0.6 is 35.3 Å². The van der Waals surface area contributed by atoms with Crippen molar-refractivity contribution in [3.05, 3.63) is 94.2 Å². The minimum atomic E-state index is -0.119. The Bertz CT molecular complexity index is 1530. The molecule has 0 unspecified atom stereocenters. The Kier molecular flexibility index (Phi) is 7.14. The third kappa shape index (κ3) is 5.32. The number of piperidine rings is 1. The molecule has 6 nitrogen and oxygen atoms in total. The summed E-state index contributed by atoms with van der Waals surface area (Å²) in [5.74, 6) is 0.803. The first-order chi connectivity index (χ1) is 18.5. The molecular weight excluding hydrogens is 533 g/mol. The van der Waals surface area contributed by atoms with Crippen molar-refractivity contribution >= 4 is 50.7 Å². The Hall–Kier alpha value is -3.27. The van der Waals surface area contributed by atoms with Gasteiger partial charge in [0.05, 0.1) is 11.4 Å². The van der Waals surface area contributed by atoms with Gasteiger partial charge in [-0.05, 0) is 29.5 Å². The van der Waals surface area contributed by atoms with Gasteiger partial charge in [-0.1, -0.05) is 84.6 Å². The summed E-state index contributed by atoms with van der Waals surface area (Å²) in [4.78, 5) is 31.7. The van der Waals surface area contributed by atoms with Crippen molar-refractivity contribution < 1.29 is 4.79 Å². The number of nitrogens with zero attached hydrogens (tertiary/aromatic N) is 3. The third-order valence-electron chi connectivity index (χ3n) is 7.10. The zero-order valence-electron chi connectivity index (χ0n) is 20.6. The number of amides is 1. The van der Waals surface area contributed by atoms with Crippen molar-refractivity contribution in [3.8, 4) is 22.4 Å². The number of rotatable bonds is 5. The number of hydrogen-bond donors (Lipinski definition) is 1. The summed E-state index contributed by atoms with van der Waals surface area (Å²) in [5.41, 5.74) is 5.35. The zero-order valence-corrected chi connectivity index (χ0v) is 23.0. The van der Waals surface area contributed by atoms with Crippen LogP contribution in [0.3, 0.4) is 0 Å². The van der Waals surface area contributed by atoms with Gasteiger partial charge in [0, 0.05) is 48.3 Å². The summed E-state index contributed by atoms with van der Waals surface area (Å²) in [5, 5.41) is 5.46. The minimum absolute atomic E-state index is 0.0776. The molecule has 0 spiro atoms. The number of nitrogens with one attached hydrogen (secondary N) is 1. The number of thiocarbonyl (C=S) groups is 1. The molecule has 0 aliphatic carbocycles. The van der Waals surface area contributed by atoms with E-state index >= 15 is 0 Å². The van der Waals surface area contributed by atoms with Gasteiger partial charge in [0.15, 0.2) is 5.13 Å². The highest BCUT2D eigenvalue weighted by atomic mass is 32.2. The maximum absolute atomic E-state index is 12.7. The van der Waals surface area contributed by atoms with Gasteiger partial charge in [0.25, 0.3) is 5.56 Å². The van der Waals surface area contributed by atoms with Gasteiger partial charge in [-0.2, -0.15) is 0 Å². The second kappa shape index (κ2) is 10.8. The van der Waals surface area contributed by atoms with Crippen LogP contribution in [0.4, 0.5) is 5.13 Å². The van der Waals surface area contributed by atoms with Crippen molar-refractivity contribution in [2.24, 2.45) is 5.92 Å². The predicted molar refractivity (Wildman–Crippen MR) is 160 cm³/mol. The fraction of sp³-hybridized carbons (Fsp3) is 0.241. The second-order valence-electron chi connectivity index (χ2n) is 9.69. The van der Waals surface area contributed by atoms with E-state index in [-0.39, 0.29) is 17.2 Å². The summed E-state index contributed by atoms with van der Waals surface area (Å²) in [6, 6.07) is 24.1. The summed E-state index contributed by atoms with van der Waals surface area (Å²) in [6.45, 7) is 2.34. The van der Waals surface area contributed by atoms with Crippen LogP contribution in [0.15, 0.2) is 83.0 Å². The first kappa shape index (κ1) is 25.0. The fourth-order valence-corrected chi connectivity index (χ4v) is 7.07. The predicted octanol–water partition coefficient (Wildman–Crippen LogP) is 5.71. The number of fused-ring (bicyclic) bond motifs is 4. The van der Waals surface area contributed by atoms with E-state index in [1.54, 1.807) is 6.07 Å². The van der Waals surface area contributed by atoms with Crippen molar-refractivity contribution in [2.45, 2.75) is 18.9 Å². The summed E-state index contributed by atoms with van der Waals surface area (Å²) in [6.07, 6.45) is 1.08. The second-order valence-corrected chi connectivity index (χ2v) is 12.2. The van der Waals surface area contributed by atoms with Crippen LogP contribution in [0.1, 0.15) is 18.0 Å². The van der Waals surface area contributed by atoms with Gasteiger partial charge in [-0.25, -0.2) is 4.98 Å². The number of carbonyl (C=O) groups excluding carboxylic acids is 1. The Morgan fingerprint density at radius 1 is 0.974 bits per heavy atom. The van der Waals surface area contributed by atoms with E-state index in [1.807, 2.05) is 34.2 Å². The quantitative estimate of drug-likeness (QED) is 0.316. The molecule has 2 aromatic heterocycles. The largest absolute Gasteiger partial charge is 0.356 e. The topological polar surface area (TPSA) is 67.2 Å². The molecule has 38 heavy (non-hydrogen) atoms. The average molecular weight is 559 g/mol. The number of thiazole rings is 1. The van der Waals surface area contributed by atoms with Crippen LogP contribution in [0.5, 0.6) is 0 Å². The van der Waals surface area contributed by atoms with Crippen LogP contribution in [0.25, 0.3) is 22.4 Å². The van der Waals surface area contributed by atoms with E-state index < -0.39 is 0 Å². The van der Waals surface area contributed by atoms with Gasteiger partial charge in [-0.15, -0.1) is 11.3 Å². The van der Waals surface area contributed by atoms with Crippen molar-refractivity contribution in [2.75, 3.05) is 24.2 Å². The molecule has 192 valence electrons. The number of thioether (sulfide) groups is 1. The molecular formula is C29H26N4O2S3. The number of hydrogen-bond acceptors (Lipinski definition) is 6. The maximum atomic E-state index is 12.7. The molecule has 0 saturated carbocycles. The van der Waals surface area contributed by atoms with E-state index in [0.717, 1.165) is 52.9 Å². The number of anilines is 1. The highest BCUT2D eigenvalue weighted by Gasteiger charge is 2.35. The Labute approximate surface area is 234 Å². The Morgan fingerprint density at radius 3 is 2.55 bits per heavy atom. The smallest absolute Gasteiger partial charge is 0.250 e. The molecule has 2 aliphatic heterocycles. The van der Waals surface area contributed by atoms with Gasteiger partial charge < -0.3 is 14.8 Å². The van der Waals surface area contributed by atoms with Crippen LogP contribution < -0.4 is 10.9 Å². The molecule has 2 aromatic carbocycles. The zero-order chi connectivity index (χ0) is 26.1. The van der Waals surface area contributed by atoms with E-state index in [0.29, 0.717) is 17.0 Å². The molecule has 1 saturated heterocycles. The van der Waals surface area contributed by atoms with Gasteiger partial charge in [0.1, 0.15) is 4.32 Å². The molecule has 1 amide bonds. The third-order valence-corrected chi connectivity index (χ3v) is 9.38. The molecule has 4 aromatic rings. The minimum Gasteiger partial charge on any atom is -0.356 e. The lowest BCUT2D eigenvalue weighted by atomic mass is 9.83. The Morgan fingerprint density at radius 2 is 1.74 bits per heavy atom. The maximum Gasteiger partial charge on any atom is 0.250 e. The molecule has 1 N–H and O–H groups in total. The van der Waals surface area contributed by atoms with Crippen LogP contribution in [-0.2, 0) is 11.3 Å². The van der Waals surface area contributed by atoms with E-state index in [2.05, 4.69) is 57.7 Å². The van der Waals surface area contributed by atoms with Crippen molar-refractivity contribution in [1.29, 1.82) is 0 Å². The first-order valence-electron chi connectivity index (χ1n) is 12.6. The monoisotopic (exact) mass is 558 g/mol. The van der Waals surface area contributed by atoms with Gasteiger partial charge in [-0.3, -0.25) is 9.59 Å². The summed E-state index contributed by atoms with van der Waals surface area (Å²) < 4.78 is 2.65. The molecule has 2 atom stereocenters. The lowest BCUT2D eigenvalue weighted by molar-refractivity contribution is -0.113. The van der Waals surface area contributed by atoms with Crippen molar-refractivity contribution in [1.82, 2.24) is 14.5 Å². The van der Waals surface area contributed by atoms with E-state index in [9.17, 15) is 9.59 Å². The number of benzene rings is 2. The summed E-state index contributed by atoms with van der Waals surface area (Å²) >= 11 is 8.51. The molecule has 2 aliphatic rings. The number of likely N-dealkylation sites (tertiary alicyclic amines) is 1. The highest BCUT2D eigenvalue weighted by Crippen LogP contribution is 2.36. The molecule has 6 rings (SSSR count). The summed E-state index contributed by atoms with van der Waals surface area (Å²) in [7, 11) is 0. The van der Waals surface area contributed by atoms with E-state index in [1.165, 1.54) is 28.7 Å². The standard InChI is InChI=1S/C29H26N4O2S3/c34-26(18-38-29(36)32-14-19-13-23(16-32)25-7-4-8-27(35)33(25)15-19)31-28-30-24(17-37-28)22-11-9-21(10-12-22)20-5-2-1-3-6-20/h1-12,17,19,23H,13-16,18H2,(H,30,31,34)/t19-,23-/m1/s1.